The standard InChI is InChI=1S/C16H21N3S/c1-19(10-13-7-8-20-12-13)11-16-4-2-3-15(18-16)9-17-14-5-6-14/h2-4,7-8,12,14,17H,5-6,9-11H2,1H3. The molecule has 1 saturated carbocycles. The van der Waals surface area contributed by atoms with Crippen molar-refractivity contribution in [2.75, 3.05) is 7.05 Å². The molecule has 3 nitrogen and oxygen atoms in total. The molecule has 0 amide bonds. The summed E-state index contributed by atoms with van der Waals surface area (Å²) in [6.45, 7) is 2.77. The van der Waals surface area contributed by atoms with Crippen LogP contribution in [-0.4, -0.2) is 23.0 Å². The van der Waals surface area contributed by atoms with Crippen molar-refractivity contribution in [1.82, 2.24) is 15.2 Å². The molecule has 0 atom stereocenters. The Kier molecular flexibility index (Phi) is 4.45. The maximum atomic E-state index is 4.74. The van der Waals surface area contributed by atoms with E-state index in [0.717, 1.165) is 37.1 Å². The molecule has 0 unspecified atom stereocenters. The first kappa shape index (κ1) is 13.7. The van der Waals surface area contributed by atoms with Gasteiger partial charge in [0.1, 0.15) is 0 Å². The molecule has 106 valence electrons. The number of nitrogens with one attached hydrogen (secondary N) is 1. The van der Waals surface area contributed by atoms with Crippen LogP contribution < -0.4 is 5.32 Å². The van der Waals surface area contributed by atoms with Crippen molar-refractivity contribution in [2.24, 2.45) is 0 Å². The van der Waals surface area contributed by atoms with Gasteiger partial charge in [-0.25, -0.2) is 0 Å². The highest BCUT2D eigenvalue weighted by atomic mass is 32.1. The average Bonchev–Trinajstić information content (AvgIpc) is 3.14. The highest BCUT2D eigenvalue weighted by molar-refractivity contribution is 7.07. The second-order valence-corrected chi connectivity index (χ2v) is 6.36. The largest absolute Gasteiger partial charge is 0.308 e. The van der Waals surface area contributed by atoms with Gasteiger partial charge in [0.05, 0.1) is 11.4 Å². The Morgan fingerprint density at radius 1 is 1.25 bits per heavy atom. The molecule has 0 bridgehead atoms. The molecule has 4 heteroatoms. The Labute approximate surface area is 124 Å². The number of hydrogen-bond acceptors (Lipinski definition) is 4. The second kappa shape index (κ2) is 6.48. The average molecular weight is 287 g/mol. The van der Waals surface area contributed by atoms with E-state index in [1.807, 2.05) is 0 Å². The Morgan fingerprint density at radius 3 is 2.85 bits per heavy atom. The molecule has 1 fully saturated rings. The summed E-state index contributed by atoms with van der Waals surface area (Å²) in [7, 11) is 2.15. The molecule has 0 saturated heterocycles. The molecule has 1 aliphatic rings. The summed E-state index contributed by atoms with van der Waals surface area (Å²) >= 11 is 1.75. The van der Waals surface area contributed by atoms with Crippen LogP contribution in [0.15, 0.2) is 35.0 Å². The fourth-order valence-electron chi connectivity index (χ4n) is 2.28. The zero-order chi connectivity index (χ0) is 13.8. The van der Waals surface area contributed by atoms with Crippen LogP contribution in [0.5, 0.6) is 0 Å². The van der Waals surface area contributed by atoms with Crippen LogP contribution in [-0.2, 0) is 19.6 Å². The number of nitrogens with zero attached hydrogens (tertiary/aromatic N) is 2. The van der Waals surface area contributed by atoms with E-state index in [1.165, 1.54) is 18.4 Å². The Morgan fingerprint density at radius 2 is 2.10 bits per heavy atom. The van der Waals surface area contributed by atoms with Crippen LogP contribution in [0.2, 0.25) is 0 Å². The Hall–Kier alpha value is -1.23. The first-order valence-electron chi connectivity index (χ1n) is 7.17. The molecule has 2 aromatic heterocycles. The maximum Gasteiger partial charge on any atom is 0.0547 e. The molecule has 0 aromatic carbocycles. The number of aromatic nitrogens is 1. The zero-order valence-electron chi connectivity index (χ0n) is 11.9. The van der Waals surface area contributed by atoms with E-state index in [1.54, 1.807) is 11.3 Å². The van der Waals surface area contributed by atoms with Gasteiger partial charge >= 0.3 is 0 Å². The second-order valence-electron chi connectivity index (χ2n) is 5.58. The van der Waals surface area contributed by atoms with Crippen LogP contribution in [0.4, 0.5) is 0 Å². The van der Waals surface area contributed by atoms with Crippen molar-refractivity contribution in [1.29, 1.82) is 0 Å². The third kappa shape index (κ3) is 4.13. The van der Waals surface area contributed by atoms with Gasteiger partial charge < -0.3 is 5.32 Å². The van der Waals surface area contributed by atoms with Crippen molar-refractivity contribution in [3.63, 3.8) is 0 Å². The minimum Gasteiger partial charge on any atom is -0.308 e. The van der Waals surface area contributed by atoms with Crippen molar-refractivity contribution in [2.45, 2.75) is 38.5 Å². The third-order valence-corrected chi connectivity index (χ3v) is 4.21. The first-order valence-corrected chi connectivity index (χ1v) is 8.12. The minimum atomic E-state index is 0.738. The van der Waals surface area contributed by atoms with E-state index >= 15 is 0 Å². The molecule has 20 heavy (non-hydrogen) atoms. The topological polar surface area (TPSA) is 28.2 Å². The number of thiophene rings is 1. The quantitative estimate of drug-likeness (QED) is 0.848. The molecule has 3 rings (SSSR count). The Bertz CT molecular complexity index is 534. The summed E-state index contributed by atoms with van der Waals surface area (Å²) in [4.78, 5) is 7.05. The van der Waals surface area contributed by atoms with E-state index in [2.05, 4.69) is 52.3 Å². The molecule has 0 aliphatic heterocycles. The summed E-state index contributed by atoms with van der Waals surface area (Å²) < 4.78 is 0. The lowest BCUT2D eigenvalue weighted by Gasteiger charge is -2.16. The smallest absolute Gasteiger partial charge is 0.0547 e. The van der Waals surface area contributed by atoms with E-state index < -0.39 is 0 Å². The maximum absolute atomic E-state index is 4.74. The molecule has 0 radical (unpaired) electrons. The highest BCUT2D eigenvalue weighted by Gasteiger charge is 2.20. The van der Waals surface area contributed by atoms with Gasteiger partial charge in [-0.05, 0) is 54.4 Å². The molecule has 1 aliphatic carbocycles. The monoisotopic (exact) mass is 287 g/mol. The van der Waals surface area contributed by atoms with E-state index in [4.69, 9.17) is 4.98 Å². The lowest BCUT2D eigenvalue weighted by Crippen LogP contribution is -2.19. The molecular weight excluding hydrogens is 266 g/mol. The van der Waals surface area contributed by atoms with Crippen molar-refractivity contribution < 1.29 is 0 Å². The van der Waals surface area contributed by atoms with Gasteiger partial charge in [-0.3, -0.25) is 9.88 Å². The van der Waals surface area contributed by atoms with Gasteiger partial charge in [-0.2, -0.15) is 11.3 Å². The van der Waals surface area contributed by atoms with Gasteiger partial charge in [0, 0.05) is 25.7 Å². The third-order valence-electron chi connectivity index (χ3n) is 3.48. The lowest BCUT2D eigenvalue weighted by atomic mass is 10.2. The van der Waals surface area contributed by atoms with E-state index in [-0.39, 0.29) is 0 Å². The molecular formula is C16H21N3S. The van der Waals surface area contributed by atoms with Crippen molar-refractivity contribution >= 4 is 11.3 Å². The number of pyridine rings is 1. The molecule has 2 aromatic rings. The summed E-state index contributed by atoms with van der Waals surface area (Å²) in [5, 5.41) is 7.85. The SMILES string of the molecule is CN(Cc1ccsc1)Cc1cccc(CNC2CC2)n1. The van der Waals surface area contributed by atoms with Crippen molar-refractivity contribution in [3.8, 4) is 0 Å². The summed E-state index contributed by atoms with van der Waals surface area (Å²) in [6, 6.07) is 9.26. The van der Waals surface area contributed by atoms with Gasteiger partial charge in [0.2, 0.25) is 0 Å². The van der Waals surface area contributed by atoms with Gasteiger partial charge in [-0.1, -0.05) is 6.07 Å². The molecule has 2 heterocycles. The number of hydrogen-bond donors (Lipinski definition) is 1. The van der Waals surface area contributed by atoms with Gasteiger partial charge in [-0.15, -0.1) is 0 Å². The Balaban J connectivity index is 1.54. The fourth-order valence-corrected chi connectivity index (χ4v) is 2.94. The zero-order valence-corrected chi connectivity index (χ0v) is 12.7. The summed E-state index contributed by atoms with van der Waals surface area (Å²) in [5.41, 5.74) is 3.68. The first-order chi connectivity index (χ1) is 9.79. The predicted molar refractivity (Wildman–Crippen MR) is 83.6 cm³/mol. The normalized spacial score (nSPS) is 14.9. The molecule has 0 spiro atoms. The predicted octanol–water partition coefficient (Wildman–Crippen LogP) is 3.03. The summed E-state index contributed by atoms with van der Waals surface area (Å²) in [5.74, 6) is 0. The molecule has 1 N–H and O–H groups in total. The van der Waals surface area contributed by atoms with Crippen LogP contribution in [0.1, 0.15) is 29.8 Å². The van der Waals surface area contributed by atoms with Gasteiger partial charge in [0.25, 0.3) is 0 Å². The fraction of sp³-hybridized carbons (Fsp3) is 0.438. The van der Waals surface area contributed by atoms with Gasteiger partial charge in [0.15, 0.2) is 0 Å². The highest BCUT2D eigenvalue weighted by Crippen LogP contribution is 2.19. The van der Waals surface area contributed by atoms with Crippen LogP contribution >= 0.6 is 11.3 Å². The van der Waals surface area contributed by atoms with Crippen molar-refractivity contribution in [3.05, 3.63) is 52.0 Å². The van der Waals surface area contributed by atoms with Crippen LogP contribution in [0.25, 0.3) is 0 Å². The lowest BCUT2D eigenvalue weighted by molar-refractivity contribution is 0.315. The summed E-state index contributed by atoms with van der Waals surface area (Å²) in [6.07, 6.45) is 2.64. The van der Waals surface area contributed by atoms with Crippen LogP contribution in [0.3, 0.4) is 0 Å². The van der Waals surface area contributed by atoms with Crippen LogP contribution in [0, 0.1) is 0 Å². The van der Waals surface area contributed by atoms with E-state index in [9.17, 15) is 0 Å². The van der Waals surface area contributed by atoms with E-state index in [0.29, 0.717) is 0 Å². The minimum absolute atomic E-state index is 0.738. The number of rotatable bonds is 7.